The van der Waals surface area contributed by atoms with Crippen molar-refractivity contribution in [3.8, 4) is 5.75 Å². The molecule has 3 nitrogen and oxygen atoms in total. The van der Waals surface area contributed by atoms with E-state index < -0.39 is 0 Å². The average molecular weight is 341 g/mol. The van der Waals surface area contributed by atoms with Gasteiger partial charge in [0.15, 0.2) is 0 Å². The van der Waals surface area contributed by atoms with Crippen LogP contribution in [0, 0.1) is 6.92 Å². The maximum absolute atomic E-state index is 5.22. The summed E-state index contributed by atoms with van der Waals surface area (Å²) in [4.78, 5) is 5.65. The first-order valence-electron chi connectivity index (χ1n) is 6.08. The Morgan fingerprint density at radius 1 is 1.47 bits per heavy atom. The summed E-state index contributed by atoms with van der Waals surface area (Å²) in [7, 11) is 1.67. The van der Waals surface area contributed by atoms with Gasteiger partial charge in [-0.25, -0.2) is 4.98 Å². The molecule has 0 spiro atoms. The molecular formula is C14H17BrN2OS. The molecule has 0 aliphatic heterocycles. The first kappa shape index (κ1) is 14.5. The molecule has 0 bridgehead atoms. The van der Waals surface area contributed by atoms with E-state index in [4.69, 9.17) is 4.74 Å². The van der Waals surface area contributed by atoms with Crippen LogP contribution >= 0.6 is 27.3 Å². The van der Waals surface area contributed by atoms with Crippen LogP contribution in [-0.2, 0) is 6.54 Å². The van der Waals surface area contributed by atoms with Crippen LogP contribution in [0.4, 0.5) is 0 Å². The molecule has 0 saturated heterocycles. The van der Waals surface area contributed by atoms with Crippen LogP contribution < -0.4 is 10.1 Å². The highest BCUT2D eigenvalue weighted by Crippen LogP contribution is 2.26. The lowest BCUT2D eigenvalue weighted by Crippen LogP contribution is -2.17. The lowest BCUT2D eigenvalue weighted by molar-refractivity contribution is 0.412. The van der Waals surface area contributed by atoms with Crippen molar-refractivity contribution in [3.05, 3.63) is 44.3 Å². The summed E-state index contributed by atoms with van der Waals surface area (Å²) < 4.78 is 6.20. The van der Waals surface area contributed by atoms with Gasteiger partial charge in [-0.1, -0.05) is 6.07 Å². The number of aromatic nitrogens is 1. The number of nitrogens with zero attached hydrogens (tertiary/aromatic N) is 1. The number of thiazole rings is 1. The van der Waals surface area contributed by atoms with Gasteiger partial charge < -0.3 is 10.1 Å². The van der Waals surface area contributed by atoms with Gasteiger partial charge in [-0.2, -0.15) is 0 Å². The molecule has 19 heavy (non-hydrogen) atoms. The quantitative estimate of drug-likeness (QED) is 0.890. The number of nitrogens with one attached hydrogen (secondary N) is 1. The van der Waals surface area contributed by atoms with Gasteiger partial charge in [0.2, 0.25) is 0 Å². The minimum absolute atomic E-state index is 0.263. The van der Waals surface area contributed by atoms with E-state index in [1.54, 1.807) is 18.4 Å². The van der Waals surface area contributed by atoms with Gasteiger partial charge >= 0.3 is 0 Å². The fourth-order valence-corrected chi connectivity index (χ4v) is 3.14. The monoisotopic (exact) mass is 340 g/mol. The summed E-state index contributed by atoms with van der Waals surface area (Å²) in [6, 6.07) is 6.38. The Morgan fingerprint density at radius 2 is 2.26 bits per heavy atom. The Bertz CT molecular complexity index is 556. The van der Waals surface area contributed by atoms with Crippen molar-refractivity contribution in [3.63, 3.8) is 0 Å². The lowest BCUT2D eigenvalue weighted by atomic mass is 10.2. The molecule has 0 radical (unpaired) electrons. The normalized spacial score (nSPS) is 12.4. The molecule has 2 aromatic rings. The molecule has 1 heterocycles. The van der Waals surface area contributed by atoms with Gasteiger partial charge in [0.05, 0.1) is 17.6 Å². The highest BCUT2D eigenvalue weighted by Gasteiger charge is 2.09. The van der Waals surface area contributed by atoms with Crippen molar-refractivity contribution in [1.82, 2.24) is 10.3 Å². The van der Waals surface area contributed by atoms with E-state index >= 15 is 0 Å². The van der Waals surface area contributed by atoms with Gasteiger partial charge in [0.1, 0.15) is 10.8 Å². The second kappa shape index (κ2) is 6.50. The highest BCUT2D eigenvalue weighted by molar-refractivity contribution is 9.10. The van der Waals surface area contributed by atoms with Crippen molar-refractivity contribution in [2.24, 2.45) is 0 Å². The van der Waals surface area contributed by atoms with E-state index in [0.717, 1.165) is 21.8 Å². The highest BCUT2D eigenvalue weighted by atomic mass is 79.9. The summed E-state index contributed by atoms with van der Waals surface area (Å²) in [5, 5.41) is 4.61. The molecule has 5 heteroatoms. The Balaban J connectivity index is 1.97. The molecule has 0 saturated carbocycles. The summed E-state index contributed by atoms with van der Waals surface area (Å²) in [5.74, 6) is 0.854. The number of methoxy groups -OCH3 is 1. The summed E-state index contributed by atoms with van der Waals surface area (Å²) in [6.07, 6.45) is 1.92. The SMILES string of the molecule is COc1ccc(CNC(C)c2ncc(C)s2)cc1Br. The van der Waals surface area contributed by atoms with Gasteiger partial charge in [0, 0.05) is 17.6 Å². The van der Waals surface area contributed by atoms with Gasteiger partial charge in [-0.3, -0.25) is 0 Å². The molecule has 1 aromatic heterocycles. The Kier molecular flexibility index (Phi) is 4.96. The predicted molar refractivity (Wildman–Crippen MR) is 82.8 cm³/mol. The summed E-state index contributed by atoms with van der Waals surface area (Å²) >= 11 is 5.24. The van der Waals surface area contributed by atoms with Crippen LogP contribution in [0.25, 0.3) is 0 Å². The third kappa shape index (κ3) is 3.78. The van der Waals surface area contributed by atoms with E-state index in [1.807, 2.05) is 12.3 Å². The number of rotatable bonds is 5. The molecule has 1 N–H and O–H groups in total. The Hall–Kier alpha value is -0.910. The number of hydrogen-bond acceptors (Lipinski definition) is 4. The van der Waals surface area contributed by atoms with Gasteiger partial charge in [-0.05, 0) is 47.5 Å². The van der Waals surface area contributed by atoms with E-state index in [9.17, 15) is 0 Å². The minimum atomic E-state index is 0.263. The van der Waals surface area contributed by atoms with Crippen LogP contribution in [0.1, 0.15) is 28.4 Å². The zero-order valence-corrected chi connectivity index (χ0v) is 13.6. The maximum Gasteiger partial charge on any atom is 0.133 e. The van der Waals surface area contributed by atoms with Crippen molar-refractivity contribution < 1.29 is 4.74 Å². The fraction of sp³-hybridized carbons (Fsp3) is 0.357. The summed E-state index contributed by atoms with van der Waals surface area (Å²) in [6.45, 7) is 5.02. The number of halogens is 1. The van der Waals surface area contributed by atoms with E-state index in [2.05, 4.69) is 52.2 Å². The average Bonchev–Trinajstić information content (AvgIpc) is 2.83. The molecule has 102 valence electrons. The van der Waals surface area contributed by atoms with Crippen molar-refractivity contribution in [2.45, 2.75) is 26.4 Å². The third-order valence-electron chi connectivity index (χ3n) is 2.84. The molecule has 0 aliphatic carbocycles. The van der Waals surface area contributed by atoms with E-state index in [-0.39, 0.29) is 6.04 Å². The third-order valence-corrected chi connectivity index (χ3v) is 4.55. The van der Waals surface area contributed by atoms with E-state index in [0.29, 0.717) is 0 Å². The molecule has 1 atom stereocenters. The maximum atomic E-state index is 5.22. The Labute approximate surface area is 126 Å². The number of aryl methyl sites for hydroxylation is 1. The largest absolute Gasteiger partial charge is 0.496 e. The van der Waals surface area contributed by atoms with Gasteiger partial charge in [0.25, 0.3) is 0 Å². The number of hydrogen-bond donors (Lipinski definition) is 1. The van der Waals surface area contributed by atoms with Crippen molar-refractivity contribution in [1.29, 1.82) is 0 Å². The van der Waals surface area contributed by atoms with Crippen LogP contribution in [0.3, 0.4) is 0 Å². The zero-order valence-electron chi connectivity index (χ0n) is 11.2. The fourth-order valence-electron chi connectivity index (χ4n) is 1.75. The Morgan fingerprint density at radius 3 is 2.84 bits per heavy atom. The van der Waals surface area contributed by atoms with Crippen molar-refractivity contribution in [2.75, 3.05) is 7.11 Å². The molecule has 2 rings (SSSR count). The standard InChI is InChI=1S/C14H17BrN2OS/c1-9-7-17-14(19-9)10(2)16-8-11-4-5-13(18-3)12(15)6-11/h4-7,10,16H,8H2,1-3H3. The number of benzene rings is 1. The zero-order chi connectivity index (χ0) is 13.8. The topological polar surface area (TPSA) is 34.1 Å². The lowest BCUT2D eigenvalue weighted by Gasteiger charge is -2.12. The summed E-state index contributed by atoms with van der Waals surface area (Å²) in [5.41, 5.74) is 1.22. The molecule has 0 fully saturated rings. The molecule has 0 amide bonds. The smallest absolute Gasteiger partial charge is 0.133 e. The van der Waals surface area contributed by atoms with Gasteiger partial charge in [-0.15, -0.1) is 11.3 Å². The van der Waals surface area contributed by atoms with Crippen molar-refractivity contribution >= 4 is 27.3 Å². The van der Waals surface area contributed by atoms with Crippen LogP contribution in [0.5, 0.6) is 5.75 Å². The van der Waals surface area contributed by atoms with Crippen LogP contribution in [0.15, 0.2) is 28.9 Å². The number of ether oxygens (including phenoxy) is 1. The first-order chi connectivity index (χ1) is 9.10. The second-order valence-corrected chi connectivity index (χ2v) is 6.50. The molecular weight excluding hydrogens is 324 g/mol. The molecule has 1 aromatic carbocycles. The van der Waals surface area contributed by atoms with E-state index in [1.165, 1.54) is 10.4 Å². The first-order valence-corrected chi connectivity index (χ1v) is 7.69. The van der Waals surface area contributed by atoms with Crippen LogP contribution in [0.2, 0.25) is 0 Å². The predicted octanol–water partition coefficient (Wildman–Crippen LogP) is 4.07. The second-order valence-electron chi connectivity index (χ2n) is 4.38. The molecule has 1 unspecified atom stereocenters. The van der Waals surface area contributed by atoms with Crippen LogP contribution in [-0.4, -0.2) is 12.1 Å². The molecule has 0 aliphatic rings. The minimum Gasteiger partial charge on any atom is -0.496 e.